The number of methoxy groups -OCH3 is 1. The number of rotatable bonds is 6. The summed E-state index contributed by atoms with van der Waals surface area (Å²) in [5.74, 6) is -0.995. The molecule has 0 bridgehead atoms. The molecule has 1 N–H and O–H groups in total. The highest BCUT2D eigenvalue weighted by atomic mass is 35.5. The lowest BCUT2D eigenvalue weighted by molar-refractivity contribution is -0.157. The molecule has 2 atom stereocenters. The Morgan fingerprint density at radius 3 is 2.64 bits per heavy atom. The first-order valence-electron chi connectivity index (χ1n) is 9.53. The number of carbonyl (C=O) groups is 3. The van der Waals surface area contributed by atoms with Crippen LogP contribution in [0.5, 0.6) is 5.75 Å². The number of hydrogen-bond acceptors (Lipinski definition) is 5. The number of carbonyl (C=O) groups excluding carboxylic acids is 3. The van der Waals surface area contributed by atoms with Crippen LogP contribution in [0.15, 0.2) is 18.2 Å². The van der Waals surface area contributed by atoms with Crippen LogP contribution in [-0.2, 0) is 19.1 Å². The fraction of sp³-hybridized carbons (Fsp3) is 0.550. The maximum atomic E-state index is 12.4. The van der Waals surface area contributed by atoms with Crippen molar-refractivity contribution in [2.45, 2.75) is 51.2 Å². The summed E-state index contributed by atoms with van der Waals surface area (Å²) in [4.78, 5) is 38.8. The van der Waals surface area contributed by atoms with Crippen molar-refractivity contribution in [1.82, 2.24) is 4.90 Å². The second-order valence-electron chi connectivity index (χ2n) is 7.30. The SMILES string of the molecule is COc1ccc(NC(=O)[C@@H](C)OC(=O)[C@@H]2CC(=O)N(C3CCCC3)C2)cc1Cl. The normalized spacial score (nSPS) is 20.9. The molecule has 1 heterocycles. The van der Waals surface area contributed by atoms with Gasteiger partial charge in [0.1, 0.15) is 5.75 Å². The van der Waals surface area contributed by atoms with Crippen molar-refractivity contribution in [3.63, 3.8) is 0 Å². The van der Waals surface area contributed by atoms with E-state index in [0.717, 1.165) is 25.7 Å². The quantitative estimate of drug-likeness (QED) is 0.731. The van der Waals surface area contributed by atoms with Gasteiger partial charge in [0.2, 0.25) is 5.91 Å². The fourth-order valence-electron chi connectivity index (χ4n) is 3.77. The minimum Gasteiger partial charge on any atom is -0.495 e. The Morgan fingerprint density at radius 1 is 1.29 bits per heavy atom. The molecule has 0 unspecified atom stereocenters. The molecule has 2 aliphatic rings. The molecule has 1 aromatic carbocycles. The van der Waals surface area contributed by atoms with Gasteiger partial charge in [-0.1, -0.05) is 24.4 Å². The van der Waals surface area contributed by atoms with Gasteiger partial charge >= 0.3 is 5.97 Å². The van der Waals surface area contributed by atoms with Gasteiger partial charge in [-0.2, -0.15) is 0 Å². The van der Waals surface area contributed by atoms with Crippen LogP contribution in [0.2, 0.25) is 5.02 Å². The number of ether oxygens (including phenoxy) is 2. The largest absolute Gasteiger partial charge is 0.495 e. The average molecular weight is 409 g/mol. The highest BCUT2D eigenvalue weighted by Gasteiger charge is 2.40. The van der Waals surface area contributed by atoms with Gasteiger partial charge in [-0.05, 0) is 38.0 Å². The van der Waals surface area contributed by atoms with E-state index in [2.05, 4.69) is 5.32 Å². The zero-order valence-corrected chi connectivity index (χ0v) is 16.8. The molecule has 1 aliphatic carbocycles. The highest BCUT2D eigenvalue weighted by molar-refractivity contribution is 6.32. The Labute approximate surface area is 169 Å². The summed E-state index contributed by atoms with van der Waals surface area (Å²) in [7, 11) is 1.50. The van der Waals surface area contributed by atoms with Crippen LogP contribution in [0.25, 0.3) is 0 Å². The number of likely N-dealkylation sites (tertiary alicyclic amines) is 1. The molecule has 2 fully saturated rings. The Bertz CT molecular complexity index is 763. The van der Waals surface area contributed by atoms with Crippen LogP contribution in [0.1, 0.15) is 39.0 Å². The van der Waals surface area contributed by atoms with Gasteiger partial charge in [0.25, 0.3) is 5.91 Å². The Kier molecular flexibility index (Phi) is 6.44. The summed E-state index contributed by atoms with van der Waals surface area (Å²) < 4.78 is 10.4. The summed E-state index contributed by atoms with van der Waals surface area (Å²) in [6, 6.07) is 5.08. The van der Waals surface area contributed by atoms with Crippen molar-refractivity contribution in [3.8, 4) is 5.75 Å². The van der Waals surface area contributed by atoms with Crippen LogP contribution in [0, 0.1) is 5.92 Å². The number of hydrogen-bond donors (Lipinski definition) is 1. The van der Waals surface area contributed by atoms with Gasteiger partial charge in [0.15, 0.2) is 6.10 Å². The molecule has 8 heteroatoms. The Morgan fingerprint density at radius 2 is 2.00 bits per heavy atom. The average Bonchev–Trinajstić information content (AvgIpc) is 3.31. The van der Waals surface area contributed by atoms with E-state index in [1.165, 1.54) is 14.0 Å². The van der Waals surface area contributed by atoms with E-state index in [0.29, 0.717) is 23.0 Å². The molecule has 2 amide bonds. The zero-order valence-electron chi connectivity index (χ0n) is 16.1. The third kappa shape index (κ3) is 4.58. The van der Waals surface area contributed by atoms with Gasteiger partial charge in [-0.25, -0.2) is 0 Å². The van der Waals surface area contributed by atoms with E-state index >= 15 is 0 Å². The molecular weight excluding hydrogens is 384 g/mol. The summed E-state index contributed by atoms with van der Waals surface area (Å²) in [5.41, 5.74) is 0.474. The summed E-state index contributed by atoms with van der Waals surface area (Å²) in [5, 5.41) is 3.02. The van der Waals surface area contributed by atoms with Crippen molar-refractivity contribution < 1.29 is 23.9 Å². The lowest BCUT2D eigenvalue weighted by atomic mass is 10.1. The molecule has 1 aliphatic heterocycles. The number of amides is 2. The predicted molar refractivity (Wildman–Crippen MR) is 104 cm³/mol. The molecule has 152 valence electrons. The minimum atomic E-state index is -0.982. The third-order valence-electron chi connectivity index (χ3n) is 5.34. The van der Waals surface area contributed by atoms with Crippen LogP contribution in [-0.4, -0.2) is 48.5 Å². The van der Waals surface area contributed by atoms with Gasteiger partial charge in [-0.3, -0.25) is 14.4 Å². The number of halogens is 1. The van der Waals surface area contributed by atoms with Gasteiger partial charge in [-0.15, -0.1) is 0 Å². The molecule has 1 saturated heterocycles. The summed E-state index contributed by atoms with van der Waals surface area (Å²) >= 11 is 6.05. The van der Waals surface area contributed by atoms with E-state index in [-0.39, 0.29) is 18.4 Å². The van der Waals surface area contributed by atoms with E-state index in [9.17, 15) is 14.4 Å². The van der Waals surface area contributed by atoms with E-state index in [1.54, 1.807) is 18.2 Å². The first-order valence-corrected chi connectivity index (χ1v) is 9.91. The van der Waals surface area contributed by atoms with Gasteiger partial charge < -0.3 is 19.7 Å². The summed E-state index contributed by atoms with van der Waals surface area (Å²) in [6.45, 7) is 1.88. The number of benzene rings is 1. The second kappa shape index (κ2) is 8.82. The standard InChI is InChI=1S/C20H25ClN2O5/c1-12(19(25)22-14-7-8-17(27-2)16(21)10-14)28-20(26)13-9-18(24)23(11-13)15-5-3-4-6-15/h7-8,10,12-13,15H,3-6,9,11H2,1-2H3,(H,22,25)/t12-,13-/m1/s1. The van der Waals surface area contributed by atoms with E-state index in [1.807, 2.05) is 4.90 Å². The van der Waals surface area contributed by atoms with Gasteiger partial charge in [0.05, 0.1) is 18.1 Å². The third-order valence-corrected chi connectivity index (χ3v) is 5.63. The molecule has 28 heavy (non-hydrogen) atoms. The van der Waals surface area contributed by atoms with Crippen molar-refractivity contribution >= 4 is 35.1 Å². The minimum absolute atomic E-state index is 0.00108. The Hall–Kier alpha value is -2.28. The van der Waals surface area contributed by atoms with Crippen LogP contribution < -0.4 is 10.1 Å². The number of nitrogens with zero attached hydrogens (tertiary/aromatic N) is 1. The highest BCUT2D eigenvalue weighted by Crippen LogP contribution is 2.30. The Balaban J connectivity index is 1.53. The van der Waals surface area contributed by atoms with Crippen LogP contribution in [0.3, 0.4) is 0 Å². The first-order chi connectivity index (χ1) is 13.4. The van der Waals surface area contributed by atoms with Crippen molar-refractivity contribution in [3.05, 3.63) is 23.2 Å². The summed E-state index contributed by atoms with van der Waals surface area (Å²) in [6.07, 6.45) is 3.40. The van der Waals surface area contributed by atoms with Crippen LogP contribution >= 0.6 is 11.6 Å². The number of nitrogens with one attached hydrogen (secondary N) is 1. The molecule has 0 radical (unpaired) electrons. The maximum Gasteiger partial charge on any atom is 0.312 e. The maximum absolute atomic E-state index is 12.4. The molecule has 7 nitrogen and oxygen atoms in total. The molecule has 1 aromatic rings. The smallest absolute Gasteiger partial charge is 0.312 e. The lowest BCUT2D eigenvalue weighted by Gasteiger charge is -2.24. The van der Waals surface area contributed by atoms with Crippen LogP contribution in [0.4, 0.5) is 5.69 Å². The van der Waals surface area contributed by atoms with Crippen molar-refractivity contribution in [2.24, 2.45) is 5.92 Å². The first kappa shape index (κ1) is 20.5. The van der Waals surface area contributed by atoms with Crippen molar-refractivity contribution in [2.75, 3.05) is 19.0 Å². The zero-order chi connectivity index (χ0) is 20.3. The van der Waals surface area contributed by atoms with Gasteiger partial charge in [0, 0.05) is 24.7 Å². The fourth-order valence-corrected chi connectivity index (χ4v) is 4.03. The molecule has 3 rings (SSSR count). The van der Waals surface area contributed by atoms with E-state index < -0.39 is 23.9 Å². The van der Waals surface area contributed by atoms with Crippen molar-refractivity contribution in [1.29, 1.82) is 0 Å². The van der Waals surface area contributed by atoms with E-state index in [4.69, 9.17) is 21.1 Å². The lowest BCUT2D eigenvalue weighted by Crippen LogP contribution is -2.36. The second-order valence-corrected chi connectivity index (χ2v) is 7.71. The molecule has 0 spiro atoms. The molecular formula is C20H25ClN2O5. The number of anilines is 1. The molecule has 1 saturated carbocycles. The topological polar surface area (TPSA) is 84.9 Å². The predicted octanol–water partition coefficient (Wildman–Crippen LogP) is 3.01. The monoisotopic (exact) mass is 408 g/mol. The molecule has 0 aromatic heterocycles. The number of esters is 1.